The summed E-state index contributed by atoms with van der Waals surface area (Å²) in [5, 5.41) is 0. The van der Waals surface area contributed by atoms with E-state index in [4.69, 9.17) is 0 Å². The number of quaternary nitrogens is 4. The Hall–Kier alpha value is -1.72. The van der Waals surface area contributed by atoms with Crippen LogP contribution in [0, 0.1) is 0 Å². The van der Waals surface area contributed by atoms with Crippen molar-refractivity contribution in [3.8, 4) is 0 Å². The Kier molecular flexibility index (Phi) is 51.0. The van der Waals surface area contributed by atoms with Crippen molar-refractivity contribution in [2.75, 3.05) is 67.5 Å². The summed E-state index contributed by atoms with van der Waals surface area (Å²) >= 11 is 0. The Balaban J connectivity index is -0.0000000648. The topological polar surface area (TPSA) is 17.8 Å². The van der Waals surface area contributed by atoms with E-state index in [-0.39, 0.29) is 37.1 Å². The highest BCUT2D eigenvalue weighted by Crippen LogP contribution is 1.97. The number of benzene rings is 2. The molecule has 0 bridgehead atoms. The zero-order chi connectivity index (χ0) is 24.8. The van der Waals surface area contributed by atoms with Gasteiger partial charge in [-0.15, -0.1) is 0 Å². The van der Waals surface area contributed by atoms with E-state index in [0.717, 1.165) is 6.54 Å². The third-order valence-electron chi connectivity index (χ3n) is 5.75. The van der Waals surface area contributed by atoms with Crippen LogP contribution in [0.1, 0.15) is 78.7 Å². The smallest absolute Gasteiger partial charge is 0.131 e. The molecule has 0 spiro atoms. The second kappa shape index (κ2) is 36.4. The van der Waals surface area contributed by atoms with Gasteiger partial charge < -0.3 is 19.6 Å². The molecule has 0 saturated heterocycles. The Labute approximate surface area is 237 Å². The van der Waals surface area contributed by atoms with E-state index in [1.54, 1.807) is 9.80 Å². The zero-order valence-electron chi connectivity index (χ0n) is 23.0. The fraction of sp³-hybridized carbons (Fsp3) is 0.636. The molecular weight excluding hydrogens is 452 g/mol. The minimum Gasteiger partial charge on any atom is -0.340 e. The molecule has 2 rings (SSSR count). The first kappa shape index (κ1) is 51.8. The SMILES string of the molecule is C.C.C.C.C.CC[NH+](C)C.CC[NH+](C)CC.CC[NH+](C)c1ccccc1.CC[NH+](CC)c1ccccc1. The molecule has 0 aliphatic rings. The molecule has 0 heterocycles. The number of nitrogens with one attached hydrogen (secondary N) is 4. The molecule has 0 aliphatic heterocycles. The van der Waals surface area contributed by atoms with E-state index < -0.39 is 0 Å². The van der Waals surface area contributed by atoms with Gasteiger partial charge in [0, 0.05) is 0 Å². The van der Waals surface area contributed by atoms with Crippen molar-refractivity contribution in [3.63, 3.8) is 0 Å². The van der Waals surface area contributed by atoms with Gasteiger partial charge >= 0.3 is 0 Å². The monoisotopic (exact) mass is 529 g/mol. The molecule has 0 saturated carbocycles. The Morgan fingerprint density at radius 1 is 0.432 bits per heavy atom. The molecule has 4 nitrogen and oxygen atoms in total. The Bertz CT molecular complexity index is 594. The average molecular weight is 529 g/mol. The Morgan fingerprint density at radius 3 is 0.973 bits per heavy atom. The van der Waals surface area contributed by atoms with Crippen molar-refractivity contribution >= 4 is 11.4 Å². The van der Waals surface area contributed by atoms with Crippen molar-refractivity contribution < 1.29 is 19.6 Å². The molecule has 0 fully saturated rings. The van der Waals surface area contributed by atoms with E-state index in [2.05, 4.69) is 124 Å². The van der Waals surface area contributed by atoms with Gasteiger partial charge in [-0.25, -0.2) is 0 Å². The van der Waals surface area contributed by atoms with Crippen LogP contribution in [0.25, 0.3) is 0 Å². The summed E-state index contributed by atoms with van der Waals surface area (Å²) in [5.41, 5.74) is 2.77. The van der Waals surface area contributed by atoms with Gasteiger partial charge in [0.1, 0.15) is 11.4 Å². The molecule has 0 aliphatic carbocycles. The standard InChI is InChI=1S/C10H15N.C9H13N.C5H13N.C4H11N.5CH4/c1-3-11(4-2)10-8-6-5-7-9-10;1-3-10(2)9-7-5-4-6-8-9;1-4-6(3)5-2;1-4-5(2)3;;;;;/h5-9H,3-4H2,1-2H3;4-8H,3H2,1-2H3;4-5H2,1-3H3;4H2,1-3H3;5*1H4/p+4. The molecule has 2 aromatic carbocycles. The van der Waals surface area contributed by atoms with E-state index in [0.29, 0.717) is 0 Å². The van der Waals surface area contributed by atoms with Crippen molar-refractivity contribution in [3.05, 3.63) is 60.7 Å². The van der Waals surface area contributed by atoms with Gasteiger partial charge in [-0.2, -0.15) is 0 Å². The lowest BCUT2D eigenvalue weighted by atomic mass is 10.3. The third kappa shape index (κ3) is 30.4. The summed E-state index contributed by atoms with van der Waals surface area (Å²) in [4.78, 5) is 6.10. The summed E-state index contributed by atoms with van der Waals surface area (Å²) in [6, 6.07) is 21.1. The molecule has 224 valence electrons. The molecule has 0 amide bonds. The molecule has 1 unspecified atom stereocenters. The normalized spacial score (nSPS) is 9.54. The molecular formula is C33H76N4+4. The van der Waals surface area contributed by atoms with Crippen LogP contribution in [-0.4, -0.2) is 67.5 Å². The molecule has 1 atom stereocenters. The first-order chi connectivity index (χ1) is 15.3. The minimum absolute atomic E-state index is 0. The highest BCUT2D eigenvalue weighted by atomic mass is 15.1. The number of hydrogen-bond donors (Lipinski definition) is 4. The van der Waals surface area contributed by atoms with Gasteiger partial charge in [-0.3, -0.25) is 0 Å². The van der Waals surface area contributed by atoms with Crippen LogP contribution < -0.4 is 19.6 Å². The predicted octanol–water partition coefficient (Wildman–Crippen LogP) is 3.97. The van der Waals surface area contributed by atoms with Crippen LogP contribution in [0.15, 0.2) is 60.7 Å². The molecule has 0 aromatic heterocycles. The van der Waals surface area contributed by atoms with Crippen molar-refractivity contribution in [2.24, 2.45) is 0 Å². The maximum Gasteiger partial charge on any atom is 0.131 e. The van der Waals surface area contributed by atoms with Gasteiger partial charge in [-0.1, -0.05) is 73.5 Å². The lowest BCUT2D eigenvalue weighted by molar-refractivity contribution is -0.875. The summed E-state index contributed by atoms with van der Waals surface area (Å²) in [6.45, 7) is 20.4. The molecule has 4 heteroatoms. The van der Waals surface area contributed by atoms with Crippen LogP contribution in [0.4, 0.5) is 11.4 Å². The largest absolute Gasteiger partial charge is 0.340 e. The van der Waals surface area contributed by atoms with Gasteiger partial charge in [-0.05, 0) is 65.8 Å². The fourth-order valence-corrected chi connectivity index (χ4v) is 2.51. The van der Waals surface area contributed by atoms with E-state index >= 15 is 0 Å². The first-order valence-corrected chi connectivity index (χ1v) is 12.7. The van der Waals surface area contributed by atoms with Gasteiger partial charge in [0.2, 0.25) is 0 Å². The van der Waals surface area contributed by atoms with Gasteiger partial charge in [0.25, 0.3) is 0 Å². The van der Waals surface area contributed by atoms with E-state index in [1.165, 1.54) is 53.9 Å². The summed E-state index contributed by atoms with van der Waals surface area (Å²) in [5.74, 6) is 0. The second-order valence-corrected chi connectivity index (χ2v) is 8.40. The van der Waals surface area contributed by atoms with Crippen LogP contribution in [0.2, 0.25) is 0 Å². The quantitative estimate of drug-likeness (QED) is 0.397. The van der Waals surface area contributed by atoms with Crippen molar-refractivity contribution in [1.82, 2.24) is 0 Å². The summed E-state index contributed by atoms with van der Waals surface area (Å²) < 4.78 is 0. The minimum atomic E-state index is 0. The molecule has 37 heavy (non-hydrogen) atoms. The van der Waals surface area contributed by atoms with Gasteiger partial charge in [0.15, 0.2) is 0 Å². The Morgan fingerprint density at radius 2 is 0.757 bits per heavy atom. The average Bonchev–Trinajstić information content (AvgIpc) is 2.86. The van der Waals surface area contributed by atoms with Crippen LogP contribution >= 0.6 is 0 Å². The lowest BCUT2D eigenvalue weighted by Crippen LogP contribution is -3.08. The maximum atomic E-state index is 2.21. The van der Waals surface area contributed by atoms with Gasteiger partial charge in [0.05, 0.1) is 67.5 Å². The fourth-order valence-electron chi connectivity index (χ4n) is 2.51. The maximum absolute atomic E-state index is 2.21. The summed E-state index contributed by atoms with van der Waals surface area (Å²) in [6.07, 6.45) is 0. The highest BCUT2D eigenvalue weighted by Gasteiger charge is 2.03. The van der Waals surface area contributed by atoms with Crippen molar-refractivity contribution in [2.45, 2.75) is 78.7 Å². The number of rotatable bonds is 8. The summed E-state index contributed by atoms with van der Waals surface area (Å²) in [7, 11) is 8.65. The zero-order valence-corrected chi connectivity index (χ0v) is 23.0. The molecule has 4 N–H and O–H groups in total. The number of hydrogen-bond acceptors (Lipinski definition) is 0. The van der Waals surface area contributed by atoms with Crippen LogP contribution in [0.3, 0.4) is 0 Å². The second-order valence-electron chi connectivity index (χ2n) is 8.40. The van der Waals surface area contributed by atoms with Crippen molar-refractivity contribution in [1.29, 1.82) is 0 Å². The highest BCUT2D eigenvalue weighted by molar-refractivity contribution is 5.28. The third-order valence-corrected chi connectivity index (χ3v) is 5.75. The predicted molar refractivity (Wildman–Crippen MR) is 177 cm³/mol. The lowest BCUT2D eigenvalue weighted by Gasteiger charge is -2.13. The molecule has 0 radical (unpaired) electrons. The van der Waals surface area contributed by atoms with E-state index in [9.17, 15) is 0 Å². The molecule has 2 aromatic rings. The van der Waals surface area contributed by atoms with Crippen LogP contribution in [0.5, 0.6) is 0 Å². The van der Waals surface area contributed by atoms with E-state index in [1.807, 2.05) is 6.07 Å². The van der Waals surface area contributed by atoms with Crippen LogP contribution in [-0.2, 0) is 0 Å². The number of para-hydroxylation sites is 2. The first-order valence-electron chi connectivity index (χ1n) is 12.7.